The number of aryl methyl sites for hydroxylation is 1. The fraction of sp³-hybridized carbons (Fsp3) is 0.167. The molecule has 0 saturated carbocycles. The van der Waals surface area contributed by atoms with E-state index < -0.39 is 0 Å². The Morgan fingerprint density at radius 3 is 2.60 bits per heavy atom. The minimum Gasteiger partial charge on any atom is -0.487 e. The maximum atomic E-state index is 6.31. The molecule has 0 amide bonds. The van der Waals surface area contributed by atoms with Gasteiger partial charge in [0, 0.05) is 22.3 Å². The molecular formula is C18H15Cl2N3O2. The summed E-state index contributed by atoms with van der Waals surface area (Å²) in [5.41, 5.74) is 3.16. The van der Waals surface area contributed by atoms with Gasteiger partial charge in [0.05, 0.1) is 7.11 Å². The van der Waals surface area contributed by atoms with Crippen molar-refractivity contribution in [2.24, 2.45) is 0 Å². The second-order valence-electron chi connectivity index (χ2n) is 5.29. The van der Waals surface area contributed by atoms with E-state index in [9.17, 15) is 0 Å². The Hall–Kier alpha value is -2.37. The van der Waals surface area contributed by atoms with Crippen LogP contribution in [0.25, 0.3) is 11.1 Å². The number of aromatic nitrogens is 3. The first-order chi connectivity index (χ1) is 12.1. The standard InChI is InChI=1S/C18H15Cl2N3O2/c1-11-8-16(25-10-12-5-6-17(20)23-22-12)14(9-15(11)19)13-4-3-7-21-18(13)24-2/h3-9H,10H2,1-2H3. The van der Waals surface area contributed by atoms with Crippen molar-refractivity contribution in [2.75, 3.05) is 7.11 Å². The molecule has 1 aromatic carbocycles. The maximum absolute atomic E-state index is 6.31. The molecule has 0 fully saturated rings. The van der Waals surface area contributed by atoms with Crippen molar-refractivity contribution in [1.82, 2.24) is 15.2 Å². The van der Waals surface area contributed by atoms with E-state index in [0.717, 1.165) is 16.7 Å². The predicted octanol–water partition coefficient (Wildman–Crippen LogP) is 4.74. The van der Waals surface area contributed by atoms with Crippen LogP contribution in [0.2, 0.25) is 10.2 Å². The topological polar surface area (TPSA) is 57.1 Å². The van der Waals surface area contributed by atoms with Gasteiger partial charge in [0.25, 0.3) is 0 Å². The van der Waals surface area contributed by atoms with Crippen LogP contribution < -0.4 is 9.47 Å². The lowest BCUT2D eigenvalue weighted by molar-refractivity contribution is 0.300. The van der Waals surface area contributed by atoms with Crippen molar-refractivity contribution in [2.45, 2.75) is 13.5 Å². The summed E-state index contributed by atoms with van der Waals surface area (Å²) in [5, 5.41) is 8.79. The van der Waals surface area contributed by atoms with Crippen LogP contribution in [0, 0.1) is 6.92 Å². The number of ether oxygens (including phenoxy) is 2. The van der Waals surface area contributed by atoms with Crippen LogP contribution in [-0.4, -0.2) is 22.3 Å². The van der Waals surface area contributed by atoms with Gasteiger partial charge >= 0.3 is 0 Å². The highest BCUT2D eigenvalue weighted by Crippen LogP contribution is 2.38. The van der Waals surface area contributed by atoms with Crippen molar-refractivity contribution in [1.29, 1.82) is 0 Å². The fourth-order valence-electron chi connectivity index (χ4n) is 2.32. The molecule has 0 aliphatic heterocycles. The number of benzene rings is 1. The highest BCUT2D eigenvalue weighted by Gasteiger charge is 2.15. The summed E-state index contributed by atoms with van der Waals surface area (Å²) in [4.78, 5) is 4.24. The molecule has 3 rings (SSSR count). The Morgan fingerprint density at radius 1 is 1.04 bits per heavy atom. The number of hydrogen-bond acceptors (Lipinski definition) is 5. The van der Waals surface area contributed by atoms with Gasteiger partial charge in [-0.05, 0) is 48.9 Å². The first-order valence-electron chi connectivity index (χ1n) is 7.49. The molecule has 2 heterocycles. The number of methoxy groups -OCH3 is 1. The van der Waals surface area contributed by atoms with E-state index >= 15 is 0 Å². The summed E-state index contributed by atoms with van der Waals surface area (Å²) in [5.74, 6) is 1.16. The first-order valence-corrected chi connectivity index (χ1v) is 8.24. The van der Waals surface area contributed by atoms with E-state index in [1.807, 2.05) is 31.2 Å². The number of nitrogens with zero attached hydrogens (tertiary/aromatic N) is 3. The average molecular weight is 376 g/mol. The molecule has 2 aromatic heterocycles. The van der Waals surface area contributed by atoms with E-state index in [-0.39, 0.29) is 6.61 Å². The van der Waals surface area contributed by atoms with Crippen molar-refractivity contribution < 1.29 is 9.47 Å². The molecule has 0 bridgehead atoms. The zero-order valence-corrected chi connectivity index (χ0v) is 15.2. The molecular weight excluding hydrogens is 361 g/mol. The molecule has 25 heavy (non-hydrogen) atoms. The van der Waals surface area contributed by atoms with Gasteiger partial charge in [-0.1, -0.05) is 23.2 Å². The molecule has 0 saturated heterocycles. The molecule has 0 spiro atoms. The van der Waals surface area contributed by atoms with E-state index in [2.05, 4.69) is 15.2 Å². The summed E-state index contributed by atoms with van der Waals surface area (Å²) in [7, 11) is 1.57. The van der Waals surface area contributed by atoms with Gasteiger partial charge in [-0.3, -0.25) is 0 Å². The lowest BCUT2D eigenvalue weighted by atomic mass is 10.0. The predicted molar refractivity (Wildman–Crippen MR) is 97.3 cm³/mol. The van der Waals surface area contributed by atoms with Crippen molar-refractivity contribution in [3.63, 3.8) is 0 Å². The summed E-state index contributed by atoms with van der Waals surface area (Å²) in [6.07, 6.45) is 1.67. The zero-order chi connectivity index (χ0) is 17.8. The lowest BCUT2D eigenvalue weighted by Crippen LogP contribution is -2.02. The van der Waals surface area contributed by atoms with Crippen LogP contribution >= 0.6 is 23.2 Å². The Bertz CT molecular complexity index is 886. The van der Waals surface area contributed by atoms with Crippen LogP contribution in [-0.2, 0) is 6.61 Å². The Morgan fingerprint density at radius 2 is 1.88 bits per heavy atom. The summed E-state index contributed by atoms with van der Waals surface area (Å²) in [6.45, 7) is 2.17. The third-order valence-electron chi connectivity index (χ3n) is 3.58. The van der Waals surface area contributed by atoms with Crippen molar-refractivity contribution in [3.05, 3.63) is 64.0 Å². The highest BCUT2D eigenvalue weighted by molar-refractivity contribution is 6.31. The van der Waals surface area contributed by atoms with Crippen LogP contribution in [0.3, 0.4) is 0 Å². The van der Waals surface area contributed by atoms with Gasteiger partial charge in [0.1, 0.15) is 18.1 Å². The Balaban J connectivity index is 1.97. The second-order valence-corrected chi connectivity index (χ2v) is 6.09. The number of pyridine rings is 1. The third kappa shape index (κ3) is 4.00. The largest absolute Gasteiger partial charge is 0.487 e. The number of halogens is 2. The Labute approximate surface area is 155 Å². The lowest BCUT2D eigenvalue weighted by Gasteiger charge is -2.15. The normalized spacial score (nSPS) is 10.6. The van der Waals surface area contributed by atoms with Gasteiger partial charge in [0.15, 0.2) is 5.15 Å². The van der Waals surface area contributed by atoms with Crippen molar-refractivity contribution in [3.8, 4) is 22.8 Å². The monoisotopic (exact) mass is 375 g/mol. The molecule has 0 aliphatic carbocycles. The maximum Gasteiger partial charge on any atom is 0.221 e. The SMILES string of the molecule is COc1ncccc1-c1cc(Cl)c(C)cc1OCc1ccc(Cl)nn1. The van der Waals surface area contributed by atoms with E-state index in [4.69, 9.17) is 32.7 Å². The van der Waals surface area contributed by atoms with Crippen molar-refractivity contribution >= 4 is 23.2 Å². The molecule has 128 valence electrons. The van der Waals surface area contributed by atoms with Gasteiger partial charge in [0.2, 0.25) is 5.88 Å². The third-order valence-corrected chi connectivity index (χ3v) is 4.19. The van der Waals surface area contributed by atoms with Crippen LogP contribution in [0.5, 0.6) is 11.6 Å². The van der Waals surface area contributed by atoms with Gasteiger partial charge < -0.3 is 9.47 Å². The van der Waals surface area contributed by atoms with E-state index in [1.165, 1.54) is 0 Å². The number of hydrogen-bond donors (Lipinski definition) is 0. The van der Waals surface area contributed by atoms with E-state index in [0.29, 0.717) is 27.5 Å². The van der Waals surface area contributed by atoms with Gasteiger partial charge in [-0.15, -0.1) is 5.10 Å². The highest BCUT2D eigenvalue weighted by atomic mass is 35.5. The summed E-state index contributed by atoms with van der Waals surface area (Å²) in [6, 6.07) is 10.9. The molecule has 0 unspecified atom stereocenters. The minimum atomic E-state index is 0.251. The van der Waals surface area contributed by atoms with Crippen LogP contribution in [0.15, 0.2) is 42.6 Å². The molecule has 7 heteroatoms. The minimum absolute atomic E-state index is 0.251. The summed E-state index contributed by atoms with van der Waals surface area (Å²) < 4.78 is 11.3. The molecule has 0 atom stereocenters. The Kier molecular flexibility index (Phi) is 5.36. The quantitative estimate of drug-likeness (QED) is 0.644. The zero-order valence-electron chi connectivity index (χ0n) is 13.7. The van der Waals surface area contributed by atoms with E-state index in [1.54, 1.807) is 25.4 Å². The van der Waals surface area contributed by atoms with Gasteiger partial charge in [-0.25, -0.2) is 4.98 Å². The smallest absolute Gasteiger partial charge is 0.221 e. The molecule has 0 aliphatic rings. The first kappa shape index (κ1) is 17.5. The van der Waals surface area contributed by atoms with Crippen LogP contribution in [0.4, 0.5) is 0 Å². The molecule has 3 aromatic rings. The average Bonchev–Trinajstić information content (AvgIpc) is 2.63. The second kappa shape index (κ2) is 7.68. The molecule has 0 radical (unpaired) electrons. The number of rotatable bonds is 5. The van der Waals surface area contributed by atoms with Gasteiger partial charge in [-0.2, -0.15) is 5.10 Å². The fourth-order valence-corrected chi connectivity index (χ4v) is 2.58. The molecule has 5 nitrogen and oxygen atoms in total. The molecule has 0 N–H and O–H groups in total. The van der Waals surface area contributed by atoms with Crippen LogP contribution in [0.1, 0.15) is 11.3 Å². The summed E-state index contributed by atoms with van der Waals surface area (Å²) >= 11 is 12.1.